The molecule has 0 bridgehead atoms. The highest BCUT2D eigenvalue weighted by atomic mass is 19.1. The van der Waals surface area contributed by atoms with Crippen LogP contribution in [0.2, 0.25) is 0 Å². The number of nitrogens with zero attached hydrogens (tertiary/aromatic N) is 2. The molecule has 0 spiro atoms. The number of carbonyl (C=O) groups excluding carboxylic acids is 1. The Morgan fingerprint density at radius 1 is 1.38 bits per heavy atom. The van der Waals surface area contributed by atoms with E-state index in [0.29, 0.717) is 31.6 Å². The summed E-state index contributed by atoms with van der Waals surface area (Å²) in [6.45, 7) is 3.06. The van der Waals surface area contributed by atoms with Crippen molar-refractivity contribution in [2.45, 2.75) is 19.8 Å². The number of benzene rings is 1. The Morgan fingerprint density at radius 2 is 2.05 bits per heavy atom. The Balaban J connectivity index is 2.12. The Hall–Kier alpha value is -2.11. The first kappa shape index (κ1) is 15.3. The fourth-order valence-electron chi connectivity index (χ4n) is 2.57. The maximum absolute atomic E-state index is 13.0. The SMILES string of the molecule is CCN(C(=O)N1CCC[C@@H](C(=O)O)C1)c1ccc(F)cc1. The second kappa shape index (κ2) is 6.56. The molecule has 6 heteroatoms. The molecule has 0 aromatic heterocycles. The van der Waals surface area contributed by atoms with Gasteiger partial charge in [0, 0.05) is 25.3 Å². The maximum atomic E-state index is 13.0. The van der Waals surface area contributed by atoms with E-state index in [9.17, 15) is 14.0 Å². The number of carboxylic acids is 1. The number of hydrogen-bond acceptors (Lipinski definition) is 2. The van der Waals surface area contributed by atoms with Crippen molar-refractivity contribution in [1.29, 1.82) is 0 Å². The van der Waals surface area contributed by atoms with E-state index in [0.717, 1.165) is 0 Å². The Labute approximate surface area is 123 Å². The van der Waals surface area contributed by atoms with Gasteiger partial charge in [-0.05, 0) is 44.0 Å². The average Bonchev–Trinajstić information content (AvgIpc) is 2.50. The molecule has 114 valence electrons. The minimum Gasteiger partial charge on any atom is -0.481 e. The zero-order chi connectivity index (χ0) is 15.4. The number of urea groups is 1. The monoisotopic (exact) mass is 294 g/mol. The molecule has 1 aliphatic heterocycles. The molecule has 21 heavy (non-hydrogen) atoms. The first-order chi connectivity index (χ1) is 10.0. The lowest BCUT2D eigenvalue weighted by Gasteiger charge is -2.34. The highest BCUT2D eigenvalue weighted by Crippen LogP contribution is 2.21. The van der Waals surface area contributed by atoms with Gasteiger partial charge in [-0.2, -0.15) is 0 Å². The fourth-order valence-corrected chi connectivity index (χ4v) is 2.57. The van der Waals surface area contributed by atoms with Crippen molar-refractivity contribution in [3.63, 3.8) is 0 Å². The van der Waals surface area contributed by atoms with Crippen molar-refractivity contribution < 1.29 is 19.1 Å². The number of rotatable bonds is 3. The van der Waals surface area contributed by atoms with E-state index in [1.54, 1.807) is 17.0 Å². The predicted molar refractivity (Wildman–Crippen MR) is 76.7 cm³/mol. The van der Waals surface area contributed by atoms with E-state index in [2.05, 4.69) is 0 Å². The molecule has 1 aromatic carbocycles. The summed E-state index contributed by atoms with van der Waals surface area (Å²) in [7, 11) is 0. The van der Waals surface area contributed by atoms with E-state index in [-0.39, 0.29) is 18.4 Å². The molecule has 1 fully saturated rings. The van der Waals surface area contributed by atoms with Gasteiger partial charge in [0.15, 0.2) is 0 Å². The third-order valence-corrected chi connectivity index (χ3v) is 3.73. The van der Waals surface area contributed by atoms with Crippen LogP contribution in [-0.2, 0) is 4.79 Å². The van der Waals surface area contributed by atoms with Gasteiger partial charge in [-0.25, -0.2) is 9.18 Å². The van der Waals surface area contributed by atoms with Crippen LogP contribution < -0.4 is 4.90 Å². The predicted octanol–water partition coefficient (Wildman–Crippen LogP) is 2.57. The van der Waals surface area contributed by atoms with Gasteiger partial charge in [0.1, 0.15) is 5.82 Å². The van der Waals surface area contributed by atoms with E-state index in [1.165, 1.54) is 17.0 Å². The third-order valence-electron chi connectivity index (χ3n) is 3.73. The minimum absolute atomic E-state index is 0.227. The summed E-state index contributed by atoms with van der Waals surface area (Å²) >= 11 is 0. The molecule has 1 aromatic rings. The average molecular weight is 294 g/mol. The smallest absolute Gasteiger partial charge is 0.324 e. The van der Waals surface area contributed by atoms with E-state index < -0.39 is 11.9 Å². The van der Waals surface area contributed by atoms with Gasteiger partial charge in [0.05, 0.1) is 5.92 Å². The van der Waals surface area contributed by atoms with Crippen LogP contribution in [0.15, 0.2) is 24.3 Å². The van der Waals surface area contributed by atoms with Crippen molar-refractivity contribution in [3.8, 4) is 0 Å². The van der Waals surface area contributed by atoms with Gasteiger partial charge < -0.3 is 10.0 Å². The van der Waals surface area contributed by atoms with Crippen LogP contribution in [0, 0.1) is 11.7 Å². The summed E-state index contributed by atoms with van der Waals surface area (Å²) in [6.07, 6.45) is 1.28. The van der Waals surface area contributed by atoms with E-state index in [4.69, 9.17) is 5.11 Å². The van der Waals surface area contributed by atoms with Gasteiger partial charge in [-0.3, -0.25) is 9.69 Å². The minimum atomic E-state index is -0.864. The molecule has 0 saturated carbocycles. The standard InChI is InChI=1S/C15H19FN2O3/c1-2-18(13-7-5-12(16)6-8-13)15(21)17-9-3-4-11(10-17)14(19)20/h5-8,11H,2-4,9-10H2,1H3,(H,19,20)/t11-/m1/s1. The summed E-state index contributed by atoms with van der Waals surface area (Å²) in [5.74, 6) is -1.72. The Kier molecular flexibility index (Phi) is 4.77. The lowest BCUT2D eigenvalue weighted by atomic mass is 9.98. The first-order valence-corrected chi connectivity index (χ1v) is 7.07. The quantitative estimate of drug-likeness (QED) is 0.932. The van der Waals surface area contributed by atoms with Crippen LogP contribution in [0.3, 0.4) is 0 Å². The number of likely N-dealkylation sites (tertiary alicyclic amines) is 1. The van der Waals surface area contributed by atoms with E-state index >= 15 is 0 Å². The van der Waals surface area contributed by atoms with Crippen molar-refractivity contribution in [2.24, 2.45) is 5.92 Å². The van der Waals surface area contributed by atoms with Crippen LogP contribution in [0.1, 0.15) is 19.8 Å². The molecular weight excluding hydrogens is 275 g/mol. The van der Waals surface area contributed by atoms with Crippen LogP contribution in [0.25, 0.3) is 0 Å². The summed E-state index contributed by atoms with van der Waals surface area (Å²) in [5.41, 5.74) is 0.612. The van der Waals surface area contributed by atoms with E-state index in [1.807, 2.05) is 6.92 Å². The van der Waals surface area contributed by atoms with Gasteiger partial charge in [0.25, 0.3) is 0 Å². The normalized spacial score (nSPS) is 18.4. The zero-order valence-corrected chi connectivity index (χ0v) is 12.0. The third kappa shape index (κ3) is 3.51. The number of carbonyl (C=O) groups is 2. The number of amides is 2. The summed E-state index contributed by atoms with van der Waals surface area (Å²) in [5, 5.41) is 9.09. The Morgan fingerprint density at radius 3 is 2.62 bits per heavy atom. The molecular formula is C15H19FN2O3. The van der Waals surface area contributed by atoms with Crippen molar-refractivity contribution >= 4 is 17.7 Å². The molecule has 0 unspecified atom stereocenters. The summed E-state index contributed by atoms with van der Waals surface area (Å²) in [6, 6.07) is 5.49. The largest absolute Gasteiger partial charge is 0.481 e. The van der Waals surface area contributed by atoms with Gasteiger partial charge in [-0.15, -0.1) is 0 Å². The van der Waals surface area contributed by atoms with Crippen molar-refractivity contribution in [2.75, 3.05) is 24.5 Å². The fraction of sp³-hybridized carbons (Fsp3) is 0.467. The molecule has 0 radical (unpaired) electrons. The second-order valence-electron chi connectivity index (χ2n) is 5.13. The molecule has 1 aliphatic rings. The number of anilines is 1. The Bertz CT molecular complexity index is 518. The first-order valence-electron chi connectivity index (χ1n) is 7.07. The topological polar surface area (TPSA) is 60.9 Å². The van der Waals surface area contributed by atoms with Crippen molar-refractivity contribution in [1.82, 2.24) is 4.90 Å². The highest BCUT2D eigenvalue weighted by molar-refractivity contribution is 5.92. The van der Waals surface area contributed by atoms with Crippen molar-refractivity contribution in [3.05, 3.63) is 30.1 Å². The van der Waals surface area contributed by atoms with Gasteiger partial charge in [-0.1, -0.05) is 0 Å². The number of halogens is 1. The van der Waals surface area contributed by atoms with Crippen LogP contribution in [0.4, 0.5) is 14.9 Å². The molecule has 1 atom stereocenters. The van der Waals surface area contributed by atoms with Gasteiger partial charge >= 0.3 is 12.0 Å². The summed E-state index contributed by atoms with van der Waals surface area (Å²) in [4.78, 5) is 26.7. The molecule has 1 saturated heterocycles. The number of aliphatic carboxylic acids is 1. The summed E-state index contributed by atoms with van der Waals surface area (Å²) < 4.78 is 13.0. The van der Waals surface area contributed by atoms with Crippen LogP contribution >= 0.6 is 0 Å². The maximum Gasteiger partial charge on any atom is 0.324 e. The molecule has 5 nitrogen and oxygen atoms in total. The van der Waals surface area contributed by atoms with Crippen LogP contribution in [-0.4, -0.2) is 41.6 Å². The molecule has 0 aliphatic carbocycles. The number of carboxylic acid groups (broad SMARTS) is 1. The number of piperidine rings is 1. The molecule has 1 heterocycles. The van der Waals surface area contributed by atoms with Gasteiger partial charge in [0.2, 0.25) is 0 Å². The second-order valence-corrected chi connectivity index (χ2v) is 5.13. The zero-order valence-electron chi connectivity index (χ0n) is 12.0. The van der Waals surface area contributed by atoms with Crippen LogP contribution in [0.5, 0.6) is 0 Å². The number of hydrogen-bond donors (Lipinski definition) is 1. The molecule has 1 N–H and O–H groups in total. The molecule has 2 amide bonds. The lowest BCUT2D eigenvalue weighted by molar-refractivity contribution is -0.143. The highest BCUT2D eigenvalue weighted by Gasteiger charge is 2.30. The lowest BCUT2D eigenvalue weighted by Crippen LogP contribution is -2.49. The molecule has 2 rings (SSSR count).